The summed E-state index contributed by atoms with van der Waals surface area (Å²) in [7, 11) is 0. The van der Waals surface area contributed by atoms with Gasteiger partial charge in [-0.2, -0.15) is 0 Å². The quantitative estimate of drug-likeness (QED) is 0.474. The van der Waals surface area contributed by atoms with E-state index < -0.39 is 12.2 Å². The van der Waals surface area contributed by atoms with Gasteiger partial charge in [0, 0.05) is 0 Å². The van der Waals surface area contributed by atoms with Gasteiger partial charge >= 0.3 is 0 Å². The van der Waals surface area contributed by atoms with Gasteiger partial charge in [-0.1, -0.05) is 11.6 Å². The summed E-state index contributed by atoms with van der Waals surface area (Å²) < 4.78 is 10.9. The first-order chi connectivity index (χ1) is 2.27. The van der Waals surface area contributed by atoms with Gasteiger partial charge in [0.05, 0.1) is 6.61 Å². The molecule has 0 unspecified atom stereocenters. The number of halogens is 2. The first-order valence-corrected chi connectivity index (χ1v) is 1.60. The van der Waals surface area contributed by atoms with Crippen molar-refractivity contribution in [2.24, 2.45) is 0 Å². The highest BCUT2D eigenvalue weighted by Gasteiger charge is 1.90. The zero-order valence-corrected chi connectivity index (χ0v) is 3.24. The second kappa shape index (κ2) is 2.42. The Morgan fingerprint density at radius 1 is 2.00 bits per heavy atom. The maximum absolute atomic E-state index is 10.9. The largest absolute Gasteiger partial charge is 0.392 e. The van der Waals surface area contributed by atoms with Gasteiger partial charge in [0.15, 0.2) is 5.63 Å². The first kappa shape index (κ1) is 5.18. The Balaban J connectivity index is 2.54. The van der Waals surface area contributed by atoms with Gasteiger partial charge in [-0.15, -0.1) is 0 Å². The zero-order chi connectivity index (χ0) is 4.28. The molecular weight excluding hydrogens is 94.5 g/mol. The summed E-state index contributed by atoms with van der Waals surface area (Å²) in [5.74, 6) is 0. The molecule has 1 atom stereocenters. The lowest BCUT2D eigenvalue weighted by Gasteiger charge is -1.82. The summed E-state index contributed by atoms with van der Waals surface area (Å²) in [6.45, 7) is -0.596. The van der Waals surface area contributed by atoms with E-state index in [2.05, 4.69) is 11.6 Å². The van der Waals surface area contributed by atoms with Crippen molar-refractivity contribution in [1.29, 1.82) is 0 Å². The van der Waals surface area contributed by atoms with E-state index in [4.69, 9.17) is 5.11 Å². The smallest absolute Gasteiger partial charge is 0.196 e. The van der Waals surface area contributed by atoms with Gasteiger partial charge in [-0.3, -0.25) is 0 Å². The topological polar surface area (TPSA) is 20.2 Å². The molecule has 1 nitrogen and oxygen atoms in total. The number of rotatable bonds is 1. The summed E-state index contributed by atoms with van der Waals surface area (Å²) in [5.41, 5.74) is -1.59. The zero-order valence-electron chi connectivity index (χ0n) is 2.49. The molecule has 0 aliphatic rings. The highest BCUT2D eigenvalue weighted by atomic mass is 35.5. The maximum Gasteiger partial charge on any atom is 0.196 e. The van der Waals surface area contributed by atoms with Crippen molar-refractivity contribution in [3.05, 3.63) is 0 Å². The van der Waals surface area contributed by atoms with Crippen LogP contribution in [0.4, 0.5) is 4.39 Å². The second-order valence-electron chi connectivity index (χ2n) is 0.574. The number of aliphatic hydroxyl groups excluding tert-OH is 1. The summed E-state index contributed by atoms with van der Waals surface area (Å²) in [6, 6.07) is 0. The van der Waals surface area contributed by atoms with Crippen LogP contribution in [0.25, 0.3) is 0 Å². The molecule has 0 aromatic heterocycles. The molecule has 0 bridgehead atoms. The number of alkyl halides is 2. The molecule has 0 aromatic carbocycles. The molecule has 0 amide bonds. The molecular formula is C2H4ClFO. The van der Waals surface area contributed by atoms with E-state index in [9.17, 15) is 4.39 Å². The summed E-state index contributed by atoms with van der Waals surface area (Å²) in [4.78, 5) is 0. The number of hydrogen-bond acceptors (Lipinski definition) is 1. The fraction of sp³-hybridized carbons (Fsp3) is 1.00. The van der Waals surface area contributed by atoms with E-state index in [1.807, 2.05) is 0 Å². The summed E-state index contributed by atoms with van der Waals surface area (Å²) in [5, 5.41) is 7.64. The van der Waals surface area contributed by atoms with E-state index in [-0.39, 0.29) is 0 Å². The van der Waals surface area contributed by atoms with Crippen LogP contribution in [0.1, 0.15) is 0 Å². The molecule has 0 saturated heterocycles. The van der Waals surface area contributed by atoms with Crippen LogP contribution >= 0.6 is 11.6 Å². The highest BCUT2D eigenvalue weighted by molar-refractivity contribution is 6.19. The molecule has 0 saturated carbocycles. The van der Waals surface area contributed by atoms with Gasteiger partial charge in [-0.25, -0.2) is 4.39 Å². The Morgan fingerprint density at radius 3 is 2.20 bits per heavy atom. The number of aliphatic hydroxyl groups is 1. The molecule has 3 heteroatoms. The molecule has 0 spiro atoms. The number of hydrogen-bond donors (Lipinski definition) is 1. The van der Waals surface area contributed by atoms with Gasteiger partial charge in [0.25, 0.3) is 0 Å². The van der Waals surface area contributed by atoms with Crippen LogP contribution < -0.4 is 0 Å². The Hall–Kier alpha value is 0.180. The lowest BCUT2D eigenvalue weighted by molar-refractivity contribution is 0.229. The third-order valence-electron chi connectivity index (χ3n) is 0.138. The Kier molecular flexibility index (Phi) is 2.51. The van der Waals surface area contributed by atoms with Crippen molar-refractivity contribution in [3.63, 3.8) is 0 Å². The van der Waals surface area contributed by atoms with Crippen LogP contribution in [0.2, 0.25) is 0 Å². The van der Waals surface area contributed by atoms with Crippen LogP contribution in [0.15, 0.2) is 0 Å². The molecule has 0 fully saturated rings. The average molecular weight is 98.5 g/mol. The monoisotopic (exact) mass is 98.0 g/mol. The minimum Gasteiger partial charge on any atom is -0.392 e. The minimum absolute atomic E-state index is 0.596. The first-order valence-electron chi connectivity index (χ1n) is 1.16. The van der Waals surface area contributed by atoms with Crippen molar-refractivity contribution in [1.82, 2.24) is 0 Å². The van der Waals surface area contributed by atoms with E-state index in [0.717, 1.165) is 0 Å². The normalized spacial score (nSPS) is 15.0. The summed E-state index contributed by atoms with van der Waals surface area (Å²) in [6.07, 6.45) is 0. The molecule has 5 heavy (non-hydrogen) atoms. The van der Waals surface area contributed by atoms with E-state index in [0.29, 0.717) is 0 Å². The highest BCUT2D eigenvalue weighted by Crippen LogP contribution is 1.90. The fourth-order valence-corrected chi connectivity index (χ4v) is 0. The van der Waals surface area contributed by atoms with Crippen LogP contribution in [0.5, 0.6) is 0 Å². The Morgan fingerprint density at radius 2 is 2.20 bits per heavy atom. The minimum atomic E-state index is -1.59. The lowest BCUT2D eigenvalue weighted by atomic mass is 10.8. The van der Waals surface area contributed by atoms with Crippen LogP contribution in [0, 0.1) is 0 Å². The molecule has 0 heterocycles. The maximum atomic E-state index is 10.9. The van der Waals surface area contributed by atoms with E-state index in [1.165, 1.54) is 0 Å². The van der Waals surface area contributed by atoms with Crippen molar-refractivity contribution < 1.29 is 9.50 Å². The van der Waals surface area contributed by atoms with Gasteiger partial charge < -0.3 is 5.11 Å². The molecule has 0 radical (unpaired) electrons. The molecule has 0 aliphatic heterocycles. The van der Waals surface area contributed by atoms with Crippen molar-refractivity contribution in [3.8, 4) is 0 Å². The third kappa shape index (κ3) is 4.18. The predicted molar refractivity (Wildman–Crippen MR) is 17.8 cm³/mol. The van der Waals surface area contributed by atoms with Crippen molar-refractivity contribution >= 4 is 11.6 Å². The van der Waals surface area contributed by atoms with Gasteiger partial charge in [0.1, 0.15) is 0 Å². The molecule has 32 valence electrons. The van der Waals surface area contributed by atoms with Crippen molar-refractivity contribution in [2.45, 2.75) is 5.63 Å². The van der Waals surface area contributed by atoms with Crippen LogP contribution in [-0.2, 0) is 0 Å². The van der Waals surface area contributed by atoms with Crippen LogP contribution in [-0.4, -0.2) is 17.3 Å². The summed E-state index contributed by atoms with van der Waals surface area (Å²) >= 11 is 4.55. The molecule has 0 aromatic rings. The van der Waals surface area contributed by atoms with Crippen molar-refractivity contribution in [2.75, 3.05) is 6.61 Å². The second-order valence-corrected chi connectivity index (χ2v) is 1.05. The Labute approximate surface area is 34.4 Å². The third-order valence-corrected chi connectivity index (χ3v) is 0.276. The van der Waals surface area contributed by atoms with Gasteiger partial charge in [-0.05, 0) is 0 Å². The molecule has 0 rings (SSSR count). The Bertz CT molecular complexity index is 23.6. The lowest BCUT2D eigenvalue weighted by Crippen LogP contribution is -1.92. The predicted octanol–water partition coefficient (Wildman–Crippen LogP) is 0.513. The SMILES string of the molecule is OC[C@H](F)Cl. The van der Waals surface area contributed by atoms with E-state index >= 15 is 0 Å². The van der Waals surface area contributed by atoms with E-state index in [1.54, 1.807) is 0 Å². The standard InChI is InChI=1S/C2H4ClFO/c3-2(4)1-5/h2,5H,1H2/t2-/m0/s1. The molecule has 0 aliphatic carbocycles. The average Bonchev–Trinajstić information content (AvgIpc) is 1.38. The van der Waals surface area contributed by atoms with Gasteiger partial charge in [0.2, 0.25) is 0 Å². The molecule has 1 N–H and O–H groups in total. The van der Waals surface area contributed by atoms with Crippen LogP contribution in [0.3, 0.4) is 0 Å². The fourth-order valence-electron chi connectivity index (χ4n) is 0.